The molecule has 2 aromatic rings. The molecule has 110 valence electrons. The van der Waals surface area contributed by atoms with Crippen molar-refractivity contribution in [3.63, 3.8) is 0 Å². The molecule has 0 N–H and O–H groups in total. The lowest BCUT2D eigenvalue weighted by molar-refractivity contribution is 0.0647. The highest BCUT2D eigenvalue weighted by molar-refractivity contribution is 5.93. The van der Waals surface area contributed by atoms with Crippen molar-refractivity contribution in [2.45, 2.75) is 38.6 Å². The number of aromatic nitrogens is 1. The number of hydrogen-bond donors (Lipinski definition) is 0. The summed E-state index contributed by atoms with van der Waals surface area (Å²) in [4.78, 5) is 18.9. The molecular weight excluding hydrogens is 264 g/mol. The zero-order valence-corrected chi connectivity index (χ0v) is 12.3. The fraction of sp³-hybridized carbons (Fsp3) is 0.412. The number of likely N-dealkylation sites (tertiary alicyclic amines) is 1. The second-order valence-electron chi connectivity index (χ2n) is 5.58. The molecule has 1 aliphatic rings. The molecular formula is C17H20N2O2. The Labute approximate surface area is 124 Å². The molecule has 1 fully saturated rings. The monoisotopic (exact) mass is 284 g/mol. The summed E-state index contributed by atoms with van der Waals surface area (Å²) < 4.78 is 5.40. The van der Waals surface area contributed by atoms with Crippen LogP contribution >= 0.6 is 0 Å². The van der Waals surface area contributed by atoms with E-state index in [1.807, 2.05) is 30.0 Å². The highest BCUT2D eigenvalue weighted by atomic mass is 16.3. The van der Waals surface area contributed by atoms with Gasteiger partial charge in [0.2, 0.25) is 0 Å². The molecule has 3 heterocycles. The van der Waals surface area contributed by atoms with Crippen molar-refractivity contribution in [3.05, 3.63) is 53.7 Å². The first kappa shape index (κ1) is 13.9. The summed E-state index contributed by atoms with van der Waals surface area (Å²) in [6.07, 6.45) is 9.53. The molecule has 1 amide bonds. The van der Waals surface area contributed by atoms with Gasteiger partial charge in [-0.25, -0.2) is 0 Å². The summed E-state index contributed by atoms with van der Waals surface area (Å²) in [5.74, 6) is 0.470. The van der Waals surface area contributed by atoms with Gasteiger partial charge in [-0.2, -0.15) is 0 Å². The van der Waals surface area contributed by atoms with Gasteiger partial charge in [-0.3, -0.25) is 9.78 Å². The number of carbonyl (C=O) groups excluding carboxylic acids is 1. The molecule has 0 aromatic carbocycles. The summed E-state index contributed by atoms with van der Waals surface area (Å²) in [5.41, 5.74) is 2.06. The van der Waals surface area contributed by atoms with Gasteiger partial charge in [0.05, 0.1) is 12.3 Å². The normalized spacial score (nSPS) is 19.3. The number of amides is 1. The third-order valence-corrected chi connectivity index (χ3v) is 4.16. The van der Waals surface area contributed by atoms with Crippen molar-refractivity contribution in [1.82, 2.24) is 9.88 Å². The summed E-state index contributed by atoms with van der Waals surface area (Å²) >= 11 is 0. The average Bonchev–Trinajstić information content (AvgIpc) is 2.80. The average molecular weight is 284 g/mol. The van der Waals surface area contributed by atoms with Crippen LogP contribution in [0.2, 0.25) is 0 Å². The fourth-order valence-electron chi connectivity index (χ4n) is 3.01. The molecule has 4 heteroatoms. The van der Waals surface area contributed by atoms with Crippen LogP contribution in [0.1, 0.15) is 53.4 Å². The Morgan fingerprint density at radius 3 is 2.76 bits per heavy atom. The minimum absolute atomic E-state index is 0.00112. The van der Waals surface area contributed by atoms with Crippen molar-refractivity contribution < 1.29 is 9.21 Å². The van der Waals surface area contributed by atoms with Gasteiger partial charge in [0, 0.05) is 24.5 Å². The van der Waals surface area contributed by atoms with E-state index in [2.05, 4.69) is 4.98 Å². The van der Waals surface area contributed by atoms with Gasteiger partial charge < -0.3 is 9.32 Å². The highest BCUT2D eigenvalue weighted by Gasteiger charge is 2.29. The van der Waals surface area contributed by atoms with Gasteiger partial charge in [-0.05, 0) is 43.5 Å². The zero-order chi connectivity index (χ0) is 14.7. The number of nitrogens with zero attached hydrogens (tertiary/aromatic N) is 2. The number of furan rings is 1. The Bertz CT molecular complexity index is 606. The highest BCUT2D eigenvalue weighted by Crippen LogP contribution is 2.31. The van der Waals surface area contributed by atoms with Crippen LogP contribution in [0.5, 0.6) is 0 Å². The maximum atomic E-state index is 12.8. The first-order valence-corrected chi connectivity index (χ1v) is 7.52. The van der Waals surface area contributed by atoms with E-state index in [9.17, 15) is 4.79 Å². The van der Waals surface area contributed by atoms with Gasteiger partial charge in [0.15, 0.2) is 5.76 Å². The van der Waals surface area contributed by atoms with Crippen LogP contribution in [-0.2, 0) is 0 Å². The van der Waals surface area contributed by atoms with Crippen LogP contribution in [0, 0.1) is 6.92 Å². The molecule has 4 nitrogen and oxygen atoms in total. The van der Waals surface area contributed by atoms with Crippen LogP contribution < -0.4 is 0 Å². The summed E-state index contributed by atoms with van der Waals surface area (Å²) in [6, 6.07) is 5.97. The minimum Gasteiger partial charge on any atom is -0.459 e. The zero-order valence-electron chi connectivity index (χ0n) is 12.3. The standard InChI is InChI=1S/C17H20N2O2/c1-13-8-12-21-16(13)17(20)19-11-4-2-3-5-15(19)14-6-9-18-10-7-14/h6-10,12,15H,2-5,11H2,1H3. The molecule has 0 bridgehead atoms. The van der Waals surface area contributed by atoms with Crippen LogP contribution in [0.3, 0.4) is 0 Å². The number of pyridine rings is 1. The Hall–Kier alpha value is -2.10. The molecule has 1 atom stereocenters. The lowest BCUT2D eigenvalue weighted by Crippen LogP contribution is -2.35. The van der Waals surface area contributed by atoms with Crippen LogP contribution in [0.4, 0.5) is 0 Å². The van der Waals surface area contributed by atoms with Gasteiger partial charge in [-0.15, -0.1) is 0 Å². The lowest BCUT2D eigenvalue weighted by atomic mass is 10.0. The molecule has 21 heavy (non-hydrogen) atoms. The Morgan fingerprint density at radius 2 is 2.05 bits per heavy atom. The predicted molar refractivity (Wildman–Crippen MR) is 79.9 cm³/mol. The minimum atomic E-state index is 0.00112. The maximum absolute atomic E-state index is 12.8. The Morgan fingerprint density at radius 1 is 1.24 bits per heavy atom. The Kier molecular flexibility index (Phi) is 4.04. The maximum Gasteiger partial charge on any atom is 0.290 e. The number of carbonyl (C=O) groups is 1. The number of aryl methyl sites for hydroxylation is 1. The van der Waals surface area contributed by atoms with Gasteiger partial charge in [0.25, 0.3) is 5.91 Å². The van der Waals surface area contributed by atoms with E-state index in [4.69, 9.17) is 4.42 Å². The van der Waals surface area contributed by atoms with Crippen molar-refractivity contribution >= 4 is 5.91 Å². The molecule has 1 saturated heterocycles. The second-order valence-corrected chi connectivity index (χ2v) is 5.58. The van der Waals surface area contributed by atoms with Crippen LogP contribution in [0.25, 0.3) is 0 Å². The van der Waals surface area contributed by atoms with Crippen molar-refractivity contribution in [2.75, 3.05) is 6.54 Å². The molecule has 0 saturated carbocycles. The molecule has 1 aliphatic heterocycles. The predicted octanol–water partition coefficient (Wildman–Crippen LogP) is 3.74. The van der Waals surface area contributed by atoms with Crippen molar-refractivity contribution in [3.8, 4) is 0 Å². The molecule has 3 rings (SSSR count). The molecule has 0 radical (unpaired) electrons. The fourth-order valence-corrected chi connectivity index (χ4v) is 3.01. The molecule has 0 aliphatic carbocycles. The van der Waals surface area contributed by atoms with Crippen molar-refractivity contribution in [2.24, 2.45) is 0 Å². The summed E-state index contributed by atoms with van der Waals surface area (Å²) in [7, 11) is 0. The molecule has 0 spiro atoms. The van der Waals surface area contributed by atoms with Gasteiger partial charge in [-0.1, -0.05) is 12.8 Å². The van der Waals surface area contributed by atoms with E-state index in [0.717, 1.165) is 36.9 Å². The quantitative estimate of drug-likeness (QED) is 0.844. The van der Waals surface area contributed by atoms with Gasteiger partial charge >= 0.3 is 0 Å². The third kappa shape index (κ3) is 2.84. The number of hydrogen-bond acceptors (Lipinski definition) is 3. The van der Waals surface area contributed by atoms with E-state index in [1.54, 1.807) is 18.7 Å². The lowest BCUT2D eigenvalue weighted by Gasteiger charge is -2.30. The Balaban J connectivity index is 1.92. The van der Waals surface area contributed by atoms with Crippen LogP contribution in [-0.4, -0.2) is 22.3 Å². The largest absolute Gasteiger partial charge is 0.459 e. The first-order chi connectivity index (χ1) is 10.3. The van der Waals surface area contributed by atoms with Crippen molar-refractivity contribution in [1.29, 1.82) is 0 Å². The van der Waals surface area contributed by atoms with E-state index in [0.29, 0.717) is 5.76 Å². The van der Waals surface area contributed by atoms with E-state index >= 15 is 0 Å². The van der Waals surface area contributed by atoms with E-state index < -0.39 is 0 Å². The molecule has 2 aromatic heterocycles. The smallest absolute Gasteiger partial charge is 0.290 e. The summed E-state index contributed by atoms with van der Waals surface area (Å²) in [6.45, 7) is 2.70. The first-order valence-electron chi connectivity index (χ1n) is 7.52. The topological polar surface area (TPSA) is 46.3 Å². The number of rotatable bonds is 2. The summed E-state index contributed by atoms with van der Waals surface area (Å²) in [5, 5.41) is 0. The third-order valence-electron chi connectivity index (χ3n) is 4.16. The SMILES string of the molecule is Cc1ccoc1C(=O)N1CCCCCC1c1ccncc1. The van der Waals surface area contributed by atoms with Crippen LogP contribution in [0.15, 0.2) is 41.3 Å². The van der Waals surface area contributed by atoms with E-state index in [-0.39, 0.29) is 11.9 Å². The molecule has 1 unspecified atom stereocenters. The van der Waals surface area contributed by atoms with Gasteiger partial charge in [0.1, 0.15) is 0 Å². The second kappa shape index (κ2) is 6.12. The van der Waals surface area contributed by atoms with E-state index in [1.165, 1.54) is 6.42 Å².